The van der Waals surface area contributed by atoms with E-state index >= 15 is 0 Å². The number of fused-ring (bicyclic) bond motifs is 1. The monoisotopic (exact) mass is 284 g/mol. The zero-order valence-electron chi connectivity index (χ0n) is 13.2. The molecular weight excluding hydrogens is 256 g/mol. The van der Waals surface area contributed by atoms with Crippen LogP contribution in [0.5, 0.6) is 0 Å². The summed E-state index contributed by atoms with van der Waals surface area (Å²) in [4.78, 5) is 0. The van der Waals surface area contributed by atoms with Gasteiger partial charge in [0.25, 0.3) is 0 Å². The molecule has 0 saturated heterocycles. The van der Waals surface area contributed by atoms with E-state index in [1.807, 2.05) is 0 Å². The van der Waals surface area contributed by atoms with Gasteiger partial charge in [-0.3, -0.25) is 0 Å². The van der Waals surface area contributed by atoms with Gasteiger partial charge < -0.3 is 9.88 Å². The van der Waals surface area contributed by atoms with Crippen LogP contribution in [0.4, 0.5) is 0 Å². The van der Waals surface area contributed by atoms with E-state index in [-0.39, 0.29) is 0 Å². The topological polar surface area (TPSA) is 17.0 Å². The van der Waals surface area contributed by atoms with Crippen LogP contribution in [0.3, 0.4) is 0 Å². The van der Waals surface area contributed by atoms with E-state index in [1.54, 1.807) is 0 Å². The van der Waals surface area contributed by atoms with E-state index in [4.69, 9.17) is 0 Å². The maximum atomic E-state index is 3.75. The van der Waals surface area contributed by atoms with Gasteiger partial charge in [-0.2, -0.15) is 0 Å². The van der Waals surface area contributed by atoms with Gasteiger partial charge in [0.05, 0.1) is 0 Å². The molecule has 1 aromatic carbocycles. The quantitative estimate of drug-likeness (QED) is 0.768. The van der Waals surface area contributed by atoms with Gasteiger partial charge in [-0.05, 0) is 56.2 Å². The first-order valence-corrected chi connectivity index (χ1v) is 8.62. The highest BCUT2D eigenvalue weighted by Gasteiger charge is 2.19. The van der Waals surface area contributed by atoms with Crippen LogP contribution in [0.2, 0.25) is 0 Å². The number of para-hydroxylation sites is 1. The maximum Gasteiger partial charge on any atom is 0.0480 e. The lowest BCUT2D eigenvalue weighted by Gasteiger charge is -2.28. The Hall–Kier alpha value is -1.28. The zero-order chi connectivity index (χ0) is 14.5. The second kappa shape index (κ2) is 7.13. The molecule has 2 aromatic rings. The highest BCUT2D eigenvalue weighted by Crippen LogP contribution is 2.26. The summed E-state index contributed by atoms with van der Waals surface area (Å²) in [5.74, 6) is 0.908. The molecule has 0 aliphatic heterocycles. The van der Waals surface area contributed by atoms with Gasteiger partial charge in [0.15, 0.2) is 0 Å². The van der Waals surface area contributed by atoms with Crippen molar-refractivity contribution >= 4 is 10.9 Å². The standard InChI is InChI=1S/C19H28N2/c1-16(17-8-3-2-4-9-17)20-13-7-14-21-15-12-18-10-5-6-11-19(18)21/h5-6,10-12,15-17,20H,2-4,7-9,13-14H2,1H3. The van der Waals surface area contributed by atoms with Crippen LogP contribution in [-0.2, 0) is 6.54 Å². The van der Waals surface area contributed by atoms with E-state index in [2.05, 4.69) is 53.3 Å². The van der Waals surface area contributed by atoms with Gasteiger partial charge in [-0.1, -0.05) is 37.5 Å². The van der Waals surface area contributed by atoms with Gasteiger partial charge in [-0.25, -0.2) is 0 Å². The molecule has 1 aliphatic rings. The molecule has 114 valence electrons. The molecule has 1 aliphatic carbocycles. The van der Waals surface area contributed by atoms with Crippen molar-refractivity contribution in [2.24, 2.45) is 5.92 Å². The summed E-state index contributed by atoms with van der Waals surface area (Å²) in [6.07, 6.45) is 10.6. The number of aryl methyl sites for hydroxylation is 1. The SMILES string of the molecule is CC(NCCCn1ccc2ccccc21)C1CCCCC1. The minimum atomic E-state index is 0.687. The smallest absolute Gasteiger partial charge is 0.0480 e. The molecule has 1 atom stereocenters. The molecule has 21 heavy (non-hydrogen) atoms. The van der Waals surface area contributed by atoms with Crippen LogP contribution in [0.15, 0.2) is 36.5 Å². The Balaban J connectivity index is 1.43. The van der Waals surface area contributed by atoms with Crippen molar-refractivity contribution in [3.8, 4) is 0 Å². The molecule has 1 unspecified atom stereocenters. The lowest BCUT2D eigenvalue weighted by atomic mass is 9.84. The Bertz CT molecular complexity index is 551. The predicted octanol–water partition coefficient (Wildman–Crippen LogP) is 4.59. The second-order valence-electron chi connectivity index (χ2n) is 6.56. The number of aromatic nitrogens is 1. The van der Waals surface area contributed by atoms with Crippen LogP contribution in [0.1, 0.15) is 45.4 Å². The van der Waals surface area contributed by atoms with Crippen LogP contribution < -0.4 is 5.32 Å². The number of benzene rings is 1. The molecule has 0 radical (unpaired) electrons. The maximum absolute atomic E-state index is 3.75. The van der Waals surface area contributed by atoms with E-state index in [9.17, 15) is 0 Å². The third-order valence-electron chi connectivity index (χ3n) is 5.08. The Kier molecular flexibility index (Phi) is 4.97. The average molecular weight is 284 g/mol. The predicted molar refractivity (Wildman–Crippen MR) is 90.6 cm³/mol. The summed E-state index contributed by atoms with van der Waals surface area (Å²) in [6, 6.07) is 11.5. The van der Waals surface area contributed by atoms with E-state index in [0.717, 1.165) is 19.0 Å². The van der Waals surface area contributed by atoms with E-state index in [1.165, 1.54) is 49.4 Å². The van der Waals surface area contributed by atoms with Crippen molar-refractivity contribution in [1.29, 1.82) is 0 Å². The van der Waals surface area contributed by atoms with Crippen LogP contribution in [0.25, 0.3) is 10.9 Å². The number of rotatable bonds is 6. The summed E-state index contributed by atoms with van der Waals surface area (Å²) >= 11 is 0. The fraction of sp³-hybridized carbons (Fsp3) is 0.579. The third-order valence-corrected chi connectivity index (χ3v) is 5.08. The average Bonchev–Trinajstić information content (AvgIpc) is 2.95. The first kappa shape index (κ1) is 14.6. The fourth-order valence-corrected chi connectivity index (χ4v) is 3.72. The third kappa shape index (κ3) is 3.68. The van der Waals surface area contributed by atoms with Crippen molar-refractivity contribution in [2.75, 3.05) is 6.54 Å². The minimum Gasteiger partial charge on any atom is -0.347 e. The summed E-state index contributed by atoms with van der Waals surface area (Å²) in [7, 11) is 0. The molecule has 2 heteroatoms. The molecule has 0 spiro atoms. The summed E-state index contributed by atoms with van der Waals surface area (Å²) in [5, 5.41) is 5.10. The molecule has 0 bridgehead atoms. The minimum absolute atomic E-state index is 0.687. The fourth-order valence-electron chi connectivity index (χ4n) is 3.72. The van der Waals surface area contributed by atoms with Gasteiger partial charge in [-0.15, -0.1) is 0 Å². The highest BCUT2D eigenvalue weighted by atomic mass is 15.0. The van der Waals surface area contributed by atoms with Crippen molar-refractivity contribution < 1.29 is 0 Å². The lowest BCUT2D eigenvalue weighted by molar-refractivity contribution is 0.280. The van der Waals surface area contributed by atoms with Crippen LogP contribution in [-0.4, -0.2) is 17.2 Å². The molecular formula is C19H28N2. The Morgan fingerprint density at radius 3 is 2.81 bits per heavy atom. The highest BCUT2D eigenvalue weighted by molar-refractivity contribution is 5.79. The number of hydrogen-bond donors (Lipinski definition) is 1. The first-order valence-electron chi connectivity index (χ1n) is 8.62. The van der Waals surface area contributed by atoms with Gasteiger partial charge in [0, 0.05) is 24.3 Å². The molecule has 1 heterocycles. The summed E-state index contributed by atoms with van der Waals surface area (Å²) in [5.41, 5.74) is 1.36. The van der Waals surface area contributed by atoms with Gasteiger partial charge in [0.2, 0.25) is 0 Å². The molecule has 1 fully saturated rings. The van der Waals surface area contributed by atoms with Crippen molar-refractivity contribution in [3.63, 3.8) is 0 Å². The van der Waals surface area contributed by atoms with E-state index < -0.39 is 0 Å². The Morgan fingerprint density at radius 2 is 1.95 bits per heavy atom. The van der Waals surface area contributed by atoms with Crippen molar-refractivity contribution in [2.45, 2.75) is 58.0 Å². The van der Waals surface area contributed by atoms with Crippen LogP contribution in [0, 0.1) is 5.92 Å². The molecule has 1 aromatic heterocycles. The van der Waals surface area contributed by atoms with Gasteiger partial charge >= 0.3 is 0 Å². The summed E-state index contributed by atoms with van der Waals surface area (Å²) in [6.45, 7) is 4.61. The van der Waals surface area contributed by atoms with Crippen LogP contribution >= 0.6 is 0 Å². The largest absolute Gasteiger partial charge is 0.347 e. The molecule has 1 N–H and O–H groups in total. The Morgan fingerprint density at radius 1 is 1.14 bits per heavy atom. The second-order valence-corrected chi connectivity index (χ2v) is 6.56. The number of nitrogens with zero attached hydrogens (tertiary/aromatic N) is 1. The number of hydrogen-bond acceptors (Lipinski definition) is 1. The zero-order valence-corrected chi connectivity index (χ0v) is 13.2. The van der Waals surface area contributed by atoms with Crippen molar-refractivity contribution in [3.05, 3.63) is 36.5 Å². The first-order chi connectivity index (χ1) is 10.3. The summed E-state index contributed by atoms with van der Waals surface area (Å²) < 4.78 is 2.38. The number of nitrogens with one attached hydrogen (secondary N) is 1. The molecule has 2 nitrogen and oxygen atoms in total. The lowest BCUT2D eigenvalue weighted by Crippen LogP contribution is -2.35. The normalized spacial score (nSPS) is 18.1. The Labute approximate surface area is 128 Å². The van der Waals surface area contributed by atoms with Crippen molar-refractivity contribution in [1.82, 2.24) is 9.88 Å². The molecule has 0 amide bonds. The molecule has 3 rings (SSSR count). The molecule has 1 saturated carbocycles. The van der Waals surface area contributed by atoms with Gasteiger partial charge in [0.1, 0.15) is 0 Å². The van der Waals surface area contributed by atoms with E-state index in [0.29, 0.717) is 6.04 Å².